The summed E-state index contributed by atoms with van der Waals surface area (Å²) in [4.78, 5) is 32.3. The second-order valence-corrected chi connectivity index (χ2v) is 6.98. The number of aromatic nitrogens is 3. The lowest BCUT2D eigenvalue weighted by molar-refractivity contribution is 0.0561. The number of hydrogen-bond donors (Lipinski definition) is 0. The highest BCUT2D eigenvalue weighted by atomic mass is 35.5. The van der Waals surface area contributed by atoms with E-state index >= 15 is 0 Å². The fraction of sp³-hybridized carbons (Fsp3) is 0.444. The molecule has 8 nitrogen and oxygen atoms in total. The van der Waals surface area contributed by atoms with Gasteiger partial charge in [0.15, 0.2) is 0 Å². The quantitative estimate of drug-likeness (QED) is 0.751. The molecule has 2 amide bonds. The summed E-state index contributed by atoms with van der Waals surface area (Å²) < 4.78 is 6.52. The summed E-state index contributed by atoms with van der Waals surface area (Å²) >= 11 is 12.6. The summed E-state index contributed by atoms with van der Waals surface area (Å²) in [6, 6.07) is 5.16. The van der Waals surface area contributed by atoms with Crippen LogP contribution >= 0.6 is 23.2 Å². The molecule has 1 aromatic heterocycles. The maximum absolute atomic E-state index is 12.9. The molecule has 1 aliphatic rings. The zero-order chi connectivity index (χ0) is 20.3. The highest BCUT2D eigenvalue weighted by Crippen LogP contribution is 2.29. The Kier molecular flexibility index (Phi) is 6.41. The third kappa shape index (κ3) is 4.07. The third-order valence-electron chi connectivity index (χ3n) is 4.42. The van der Waals surface area contributed by atoms with Crippen LogP contribution in [-0.2, 0) is 11.2 Å². The van der Waals surface area contributed by atoms with Crippen LogP contribution in [0.2, 0.25) is 10.0 Å². The minimum atomic E-state index is -0.362. The topological polar surface area (TPSA) is 80.6 Å². The lowest BCUT2D eigenvalue weighted by atomic mass is 10.3. The number of hydrogen-bond acceptors (Lipinski definition) is 5. The first-order valence-corrected chi connectivity index (χ1v) is 9.83. The van der Waals surface area contributed by atoms with Crippen molar-refractivity contribution >= 4 is 35.2 Å². The number of para-hydroxylation sites is 1. The molecule has 1 saturated heterocycles. The number of rotatable bonds is 4. The van der Waals surface area contributed by atoms with Crippen molar-refractivity contribution in [3.8, 4) is 5.69 Å². The van der Waals surface area contributed by atoms with E-state index in [1.807, 2.05) is 6.92 Å². The second kappa shape index (κ2) is 8.79. The zero-order valence-electron chi connectivity index (χ0n) is 15.7. The second-order valence-electron chi connectivity index (χ2n) is 6.17. The van der Waals surface area contributed by atoms with Gasteiger partial charge in [-0.2, -0.15) is 0 Å². The monoisotopic (exact) mass is 425 g/mol. The maximum atomic E-state index is 12.9. The van der Waals surface area contributed by atoms with Gasteiger partial charge in [-0.05, 0) is 19.1 Å². The van der Waals surface area contributed by atoms with Crippen molar-refractivity contribution in [3.05, 3.63) is 39.9 Å². The number of ether oxygens (including phenoxy) is 1. The van der Waals surface area contributed by atoms with Crippen molar-refractivity contribution in [1.82, 2.24) is 24.6 Å². The van der Waals surface area contributed by atoms with Crippen LogP contribution in [0.25, 0.3) is 5.69 Å². The van der Waals surface area contributed by atoms with Crippen LogP contribution in [0.5, 0.6) is 0 Å². The Morgan fingerprint density at radius 3 is 2.25 bits per heavy atom. The predicted molar refractivity (Wildman–Crippen MR) is 105 cm³/mol. The van der Waals surface area contributed by atoms with E-state index in [0.717, 1.165) is 0 Å². The van der Waals surface area contributed by atoms with E-state index in [2.05, 4.69) is 10.1 Å². The van der Waals surface area contributed by atoms with Gasteiger partial charge in [0.1, 0.15) is 11.5 Å². The van der Waals surface area contributed by atoms with Crippen molar-refractivity contribution in [2.24, 2.45) is 0 Å². The van der Waals surface area contributed by atoms with Gasteiger partial charge in [0.05, 0.1) is 16.7 Å². The van der Waals surface area contributed by atoms with Crippen molar-refractivity contribution < 1.29 is 14.3 Å². The number of amides is 2. The van der Waals surface area contributed by atoms with Gasteiger partial charge in [-0.1, -0.05) is 36.2 Å². The Morgan fingerprint density at radius 1 is 1.07 bits per heavy atom. The van der Waals surface area contributed by atoms with E-state index in [0.29, 0.717) is 60.8 Å². The average Bonchev–Trinajstić information content (AvgIpc) is 3.11. The van der Waals surface area contributed by atoms with Crippen LogP contribution in [0.3, 0.4) is 0 Å². The molecule has 0 unspecified atom stereocenters. The lowest BCUT2D eigenvalue weighted by Gasteiger charge is -2.33. The molecule has 28 heavy (non-hydrogen) atoms. The fourth-order valence-electron chi connectivity index (χ4n) is 2.98. The first-order valence-electron chi connectivity index (χ1n) is 9.07. The number of carbonyl (C=O) groups excluding carboxylic acids is 2. The molecule has 1 aromatic carbocycles. The molecule has 3 rings (SSSR count). The minimum absolute atomic E-state index is 0.0809. The van der Waals surface area contributed by atoms with Crippen LogP contribution in [0.1, 0.15) is 30.3 Å². The van der Waals surface area contributed by atoms with Crippen molar-refractivity contribution in [3.63, 3.8) is 0 Å². The van der Waals surface area contributed by atoms with Gasteiger partial charge in [0.25, 0.3) is 5.91 Å². The summed E-state index contributed by atoms with van der Waals surface area (Å²) in [5, 5.41) is 5.22. The van der Waals surface area contributed by atoms with Gasteiger partial charge < -0.3 is 14.5 Å². The SMILES string of the molecule is CCOC(=O)N1CCN(C(=O)c2nc(CC)n(-c3c(Cl)cccc3Cl)n2)CC1. The van der Waals surface area contributed by atoms with Crippen LogP contribution < -0.4 is 0 Å². The summed E-state index contributed by atoms with van der Waals surface area (Å²) in [5.41, 5.74) is 0.501. The molecular formula is C18H21Cl2N5O3. The van der Waals surface area contributed by atoms with E-state index < -0.39 is 0 Å². The van der Waals surface area contributed by atoms with E-state index in [1.54, 1.807) is 34.9 Å². The number of piperazine rings is 1. The average molecular weight is 426 g/mol. The Morgan fingerprint density at radius 2 is 1.68 bits per heavy atom. The molecule has 150 valence electrons. The molecule has 0 spiro atoms. The number of carbonyl (C=O) groups is 2. The molecule has 1 aliphatic heterocycles. The molecule has 0 bridgehead atoms. The molecule has 2 heterocycles. The van der Waals surface area contributed by atoms with E-state index in [4.69, 9.17) is 27.9 Å². The first kappa shape index (κ1) is 20.4. The van der Waals surface area contributed by atoms with E-state index in [1.165, 1.54) is 4.68 Å². The highest BCUT2D eigenvalue weighted by molar-refractivity contribution is 6.37. The van der Waals surface area contributed by atoms with Crippen LogP contribution in [0, 0.1) is 0 Å². The minimum Gasteiger partial charge on any atom is -0.450 e. The predicted octanol–water partition coefficient (Wildman–Crippen LogP) is 3.05. The molecule has 0 aliphatic carbocycles. The third-order valence-corrected chi connectivity index (χ3v) is 5.03. The van der Waals surface area contributed by atoms with Crippen LogP contribution in [0.15, 0.2) is 18.2 Å². The van der Waals surface area contributed by atoms with Gasteiger partial charge in [0.2, 0.25) is 5.82 Å². The molecule has 0 N–H and O–H groups in total. The Bertz CT molecular complexity index is 858. The summed E-state index contributed by atoms with van der Waals surface area (Å²) in [6.45, 7) is 5.59. The fourth-order valence-corrected chi connectivity index (χ4v) is 3.54. The summed E-state index contributed by atoms with van der Waals surface area (Å²) in [5.74, 6) is 0.376. The Hall–Kier alpha value is -2.32. The Labute approximate surface area is 173 Å². The van der Waals surface area contributed by atoms with Crippen molar-refractivity contribution in [1.29, 1.82) is 0 Å². The van der Waals surface area contributed by atoms with Gasteiger partial charge in [-0.3, -0.25) is 4.79 Å². The largest absolute Gasteiger partial charge is 0.450 e. The van der Waals surface area contributed by atoms with Gasteiger partial charge >= 0.3 is 6.09 Å². The van der Waals surface area contributed by atoms with Gasteiger partial charge in [-0.15, -0.1) is 5.10 Å². The van der Waals surface area contributed by atoms with Gasteiger partial charge in [0, 0.05) is 32.6 Å². The summed E-state index contributed by atoms with van der Waals surface area (Å²) in [6.07, 6.45) is 0.192. The number of benzene rings is 1. The first-order chi connectivity index (χ1) is 13.5. The zero-order valence-corrected chi connectivity index (χ0v) is 17.2. The summed E-state index contributed by atoms with van der Waals surface area (Å²) in [7, 11) is 0. The Balaban J connectivity index is 1.79. The molecule has 1 fully saturated rings. The van der Waals surface area contributed by atoms with E-state index in [-0.39, 0.29) is 17.8 Å². The molecular weight excluding hydrogens is 405 g/mol. The maximum Gasteiger partial charge on any atom is 0.409 e. The van der Waals surface area contributed by atoms with Crippen LogP contribution in [-0.4, -0.2) is 69.4 Å². The molecule has 0 atom stereocenters. The van der Waals surface area contributed by atoms with Gasteiger partial charge in [-0.25, -0.2) is 14.5 Å². The normalized spacial score (nSPS) is 14.3. The number of nitrogens with zero attached hydrogens (tertiary/aromatic N) is 5. The lowest BCUT2D eigenvalue weighted by Crippen LogP contribution is -2.51. The van der Waals surface area contributed by atoms with Crippen LogP contribution in [0.4, 0.5) is 4.79 Å². The highest BCUT2D eigenvalue weighted by Gasteiger charge is 2.28. The molecule has 2 aromatic rings. The number of halogens is 2. The smallest absolute Gasteiger partial charge is 0.409 e. The molecule has 10 heteroatoms. The van der Waals surface area contributed by atoms with Crippen molar-refractivity contribution in [2.45, 2.75) is 20.3 Å². The van der Waals surface area contributed by atoms with E-state index in [9.17, 15) is 9.59 Å². The standard InChI is InChI=1S/C18H21Cl2N5O3/c1-3-14-21-16(22-25(14)15-12(19)6-5-7-13(15)20)17(26)23-8-10-24(11-9-23)18(27)28-4-2/h5-7H,3-4,8-11H2,1-2H3. The number of aryl methyl sites for hydroxylation is 1. The molecule has 0 saturated carbocycles. The molecule has 0 radical (unpaired) electrons. The van der Waals surface area contributed by atoms with Crippen molar-refractivity contribution in [2.75, 3.05) is 32.8 Å².